The van der Waals surface area contributed by atoms with Crippen molar-refractivity contribution in [3.63, 3.8) is 0 Å². The van der Waals surface area contributed by atoms with E-state index in [2.05, 4.69) is 15.9 Å². The highest BCUT2D eigenvalue weighted by Gasteiger charge is 2.20. The van der Waals surface area contributed by atoms with Crippen molar-refractivity contribution in [3.05, 3.63) is 28.7 Å². The van der Waals surface area contributed by atoms with Crippen LogP contribution in [0.3, 0.4) is 0 Å². The van der Waals surface area contributed by atoms with Crippen LogP contribution >= 0.6 is 15.9 Å². The molecule has 0 fully saturated rings. The Morgan fingerprint density at radius 1 is 1.38 bits per heavy atom. The van der Waals surface area contributed by atoms with Crippen LogP contribution in [0.15, 0.2) is 28.7 Å². The summed E-state index contributed by atoms with van der Waals surface area (Å²) in [7, 11) is 0. The van der Waals surface area contributed by atoms with Crippen molar-refractivity contribution >= 4 is 21.9 Å². The van der Waals surface area contributed by atoms with Gasteiger partial charge in [-0.15, -0.1) is 0 Å². The van der Waals surface area contributed by atoms with Crippen molar-refractivity contribution in [2.45, 2.75) is 26.4 Å². The molecule has 0 radical (unpaired) electrons. The van der Waals surface area contributed by atoms with Gasteiger partial charge in [0, 0.05) is 4.47 Å². The van der Waals surface area contributed by atoms with Gasteiger partial charge in [0.05, 0.1) is 0 Å². The molecule has 0 unspecified atom stereocenters. The van der Waals surface area contributed by atoms with Gasteiger partial charge in [-0.25, -0.2) is 4.79 Å². The SMILES string of the molecule is CC(C)C[C@H](Oc1ccc(Br)cc1)C(=O)O. The molecule has 0 heterocycles. The zero-order valence-electron chi connectivity index (χ0n) is 9.31. The fourth-order valence-corrected chi connectivity index (χ4v) is 1.57. The number of carboxylic acids is 1. The summed E-state index contributed by atoms with van der Waals surface area (Å²) < 4.78 is 6.36. The number of carboxylic acid groups (broad SMARTS) is 1. The Morgan fingerprint density at radius 2 is 1.94 bits per heavy atom. The Kier molecular flexibility index (Phi) is 4.80. The lowest BCUT2D eigenvalue weighted by atomic mass is 10.1. The summed E-state index contributed by atoms with van der Waals surface area (Å²) in [6.07, 6.45) is -0.271. The molecule has 88 valence electrons. The lowest BCUT2D eigenvalue weighted by Crippen LogP contribution is -2.28. The molecule has 0 spiro atoms. The number of benzene rings is 1. The summed E-state index contributed by atoms with van der Waals surface area (Å²) in [6.45, 7) is 3.95. The standard InChI is InChI=1S/C12H15BrO3/c1-8(2)7-11(12(14)15)16-10-5-3-9(13)4-6-10/h3-6,8,11H,7H2,1-2H3,(H,14,15)/t11-/m0/s1. The predicted molar refractivity (Wildman–Crippen MR) is 65.6 cm³/mol. The topological polar surface area (TPSA) is 46.5 Å². The largest absolute Gasteiger partial charge is 0.479 e. The Bertz CT molecular complexity index is 346. The quantitative estimate of drug-likeness (QED) is 0.903. The van der Waals surface area contributed by atoms with E-state index in [0.717, 1.165) is 4.47 Å². The average Bonchev–Trinajstić information content (AvgIpc) is 2.19. The monoisotopic (exact) mass is 286 g/mol. The molecule has 0 aliphatic carbocycles. The normalized spacial score (nSPS) is 12.5. The van der Waals surface area contributed by atoms with E-state index in [4.69, 9.17) is 9.84 Å². The van der Waals surface area contributed by atoms with Gasteiger partial charge in [-0.05, 0) is 36.6 Å². The first-order valence-corrected chi connectivity index (χ1v) is 5.93. The van der Waals surface area contributed by atoms with Crippen LogP contribution in [0.1, 0.15) is 20.3 Å². The summed E-state index contributed by atoms with van der Waals surface area (Å²) in [5, 5.41) is 9.00. The van der Waals surface area contributed by atoms with Crippen molar-refractivity contribution in [1.82, 2.24) is 0 Å². The Labute approximate surface area is 104 Å². The molecule has 0 aliphatic rings. The highest BCUT2D eigenvalue weighted by Crippen LogP contribution is 2.19. The molecule has 0 amide bonds. The smallest absolute Gasteiger partial charge is 0.344 e. The Hall–Kier alpha value is -1.03. The maximum absolute atomic E-state index is 11.0. The van der Waals surface area contributed by atoms with Gasteiger partial charge in [0.1, 0.15) is 5.75 Å². The number of halogens is 1. The minimum atomic E-state index is -0.920. The number of hydrogen-bond donors (Lipinski definition) is 1. The van der Waals surface area contributed by atoms with Crippen molar-refractivity contribution in [2.24, 2.45) is 5.92 Å². The second-order valence-electron chi connectivity index (χ2n) is 4.03. The highest BCUT2D eigenvalue weighted by molar-refractivity contribution is 9.10. The van der Waals surface area contributed by atoms with E-state index < -0.39 is 12.1 Å². The van der Waals surface area contributed by atoms with Crippen LogP contribution in [0.2, 0.25) is 0 Å². The van der Waals surface area contributed by atoms with E-state index >= 15 is 0 Å². The lowest BCUT2D eigenvalue weighted by Gasteiger charge is -2.16. The minimum Gasteiger partial charge on any atom is -0.479 e. The third-order valence-corrected chi connectivity index (χ3v) is 2.58. The van der Waals surface area contributed by atoms with Gasteiger partial charge in [0.15, 0.2) is 6.10 Å². The van der Waals surface area contributed by atoms with E-state index in [9.17, 15) is 4.79 Å². The van der Waals surface area contributed by atoms with Crippen LogP contribution < -0.4 is 4.74 Å². The highest BCUT2D eigenvalue weighted by atomic mass is 79.9. The average molecular weight is 287 g/mol. The second-order valence-corrected chi connectivity index (χ2v) is 4.94. The molecule has 0 aliphatic heterocycles. The van der Waals surface area contributed by atoms with Gasteiger partial charge in [-0.2, -0.15) is 0 Å². The van der Waals surface area contributed by atoms with Crippen LogP contribution in [0, 0.1) is 5.92 Å². The second kappa shape index (κ2) is 5.89. The predicted octanol–water partition coefficient (Wildman–Crippen LogP) is 3.33. The van der Waals surface area contributed by atoms with Crippen molar-refractivity contribution in [3.8, 4) is 5.75 Å². The Morgan fingerprint density at radius 3 is 2.38 bits per heavy atom. The molecule has 3 nitrogen and oxygen atoms in total. The lowest BCUT2D eigenvalue weighted by molar-refractivity contribution is -0.145. The van der Waals surface area contributed by atoms with Gasteiger partial charge in [0.2, 0.25) is 0 Å². The van der Waals surface area contributed by atoms with Crippen LogP contribution in [0.5, 0.6) is 5.75 Å². The number of rotatable bonds is 5. The minimum absolute atomic E-state index is 0.288. The molecule has 0 saturated heterocycles. The summed E-state index contributed by atoms with van der Waals surface area (Å²) in [5.74, 6) is -0.0515. The van der Waals surface area contributed by atoms with Crippen molar-refractivity contribution in [2.75, 3.05) is 0 Å². The third kappa shape index (κ3) is 4.23. The molecule has 0 saturated carbocycles. The summed E-state index contributed by atoms with van der Waals surface area (Å²) in [5.41, 5.74) is 0. The van der Waals surface area contributed by atoms with Crippen molar-refractivity contribution < 1.29 is 14.6 Å². The maximum atomic E-state index is 11.0. The molecule has 1 atom stereocenters. The van der Waals surface area contributed by atoms with E-state index in [1.807, 2.05) is 26.0 Å². The molecule has 1 rings (SSSR count). The molecule has 1 aromatic rings. The third-order valence-electron chi connectivity index (χ3n) is 2.05. The summed E-state index contributed by atoms with van der Waals surface area (Å²) in [6, 6.07) is 7.15. The number of carbonyl (C=O) groups is 1. The first-order valence-electron chi connectivity index (χ1n) is 5.14. The fraction of sp³-hybridized carbons (Fsp3) is 0.417. The molecule has 0 bridgehead atoms. The van der Waals surface area contributed by atoms with Crippen LogP contribution in [-0.2, 0) is 4.79 Å². The van der Waals surface area contributed by atoms with Gasteiger partial charge < -0.3 is 9.84 Å². The van der Waals surface area contributed by atoms with Gasteiger partial charge in [-0.3, -0.25) is 0 Å². The molecule has 0 aromatic heterocycles. The van der Waals surface area contributed by atoms with Crippen LogP contribution in [0.4, 0.5) is 0 Å². The fourth-order valence-electron chi connectivity index (χ4n) is 1.30. The molecule has 1 aromatic carbocycles. The Balaban J connectivity index is 2.68. The van der Waals surface area contributed by atoms with Crippen LogP contribution in [0.25, 0.3) is 0 Å². The van der Waals surface area contributed by atoms with Crippen LogP contribution in [-0.4, -0.2) is 17.2 Å². The molecular formula is C12H15BrO3. The zero-order valence-corrected chi connectivity index (χ0v) is 10.9. The molecular weight excluding hydrogens is 272 g/mol. The first kappa shape index (κ1) is 13.0. The van der Waals surface area contributed by atoms with E-state index in [1.54, 1.807) is 12.1 Å². The zero-order chi connectivity index (χ0) is 12.1. The van der Waals surface area contributed by atoms with Gasteiger partial charge in [0.25, 0.3) is 0 Å². The number of ether oxygens (including phenoxy) is 1. The number of hydrogen-bond acceptors (Lipinski definition) is 2. The van der Waals surface area contributed by atoms with Gasteiger partial charge in [-0.1, -0.05) is 29.8 Å². The van der Waals surface area contributed by atoms with Gasteiger partial charge >= 0.3 is 5.97 Å². The number of aliphatic carboxylic acids is 1. The maximum Gasteiger partial charge on any atom is 0.344 e. The van der Waals surface area contributed by atoms with E-state index in [0.29, 0.717) is 12.2 Å². The molecule has 16 heavy (non-hydrogen) atoms. The van der Waals surface area contributed by atoms with E-state index in [-0.39, 0.29) is 5.92 Å². The summed E-state index contributed by atoms with van der Waals surface area (Å²) in [4.78, 5) is 11.0. The molecule has 1 N–H and O–H groups in total. The molecule has 4 heteroatoms. The van der Waals surface area contributed by atoms with Crippen molar-refractivity contribution in [1.29, 1.82) is 0 Å². The summed E-state index contributed by atoms with van der Waals surface area (Å²) >= 11 is 3.31. The first-order chi connectivity index (χ1) is 7.49. The van der Waals surface area contributed by atoms with E-state index in [1.165, 1.54) is 0 Å².